The van der Waals surface area contributed by atoms with E-state index in [0.717, 1.165) is 51.5 Å². The van der Waals surface area contributed by atoms with E-state index in [-0.39, 0.29) is 9.75 Å². The van der Waals surface area contributed by atoms with Gasteiger partial charge in [-0.05, 0) is 101 Å². The third-order valence-electron chi connectivity index (χ3n) is 7.98. The van der Waals surface area contributed by atoms with Gasteiger partial charge in [0.15, 0.2) is 0 Å². The van der Waals surface area contributed by atoms with Gasteiger partial charge in [-0.1, -0.05) is 48.5 Å². The number of benzene rings is 2. The number of hydrogen-bond donors (Lipinski definition) is 0. The van der Waals surface area contributed by atoms with E-state index < -0.39 is 0 Å². The average Bonchev–Trinajstić information content (AvgIpc) is 2.80. The number of nitriles is 1. The van der Waals surface area contributed by atoms with E-state index in [4.69, 9.17) is 28.5 Å². The van der Waals surface area contributed by atoms with Gasteiger partial charge in [-0.25, -0.2) is 0 Å². The summed E-state index contributed by atoms with van der Waals surface area (Å²) in [4.78, 5) is 2.32. The Bertz CT molecular complexity index is 933. The van der Waals surface area contributed by atoms with Crippen molar-refractivity contribution in [3.05, 3.63) is 70.8 Å². The first kappa shape index (κ1) is 28.0. The third-order valence-corrected chi connectivity index (χ3v) is 9.14. The normalized spacial score (nSPS) is 18.6. The molecule has 4 rings (SSSR count). The van der Waals surface area contributed by atoms with Gasteiger partial charge >= 0.3 is 0 Å². The zero-order valence-corrected chi connectivity index (χ0v) is 23.5. The van der Waals surface area contributed by atoms with E-state index in [1.807, 2.05) is 0 Å². The molecule has 0 saturated heterocycles. The van der Waals surface area contributed by atoms with Crippen LogP contribution in [0.5, 0.6) is 0 Å². The predicted octanol–water partition coefficient (Wildman–Crippen LogP) is 8.73. The van der Waals surface area contributed by atoms with Crippen LogP contribution in [0.1, 0.15) is 94.9 Å². The Morgan fingerprint density at radius 3 is 1.80 bits per heavy atom. The lowest BCUT2D eigenvalue weighted by molar-refractivity contribution is 0.158. The molecule has 35 heavy (non-hydrogen) atoms. The molecule has 2 aromatic rings. The number of hydrogen-bond acceptors (Lipinski definition) is 2. The Balaban J connectivity index is 0.00000108. The summed E-state index contributed by atoms with van der Waals surface area (Å²) in [7, 11) is 0. The number of rotatable bonds is 10. The molecule has 2 aliphatic rings. The van der Waals surface area contributed by atoms with Crippen LogP contribution in [0.4, 0.5) is 0 Å². The molecule has 0 aromatic heterocycles. The number of nitrogens with zero attached hydrogens (tertiary/aromatic N) is 2. The van der Waals surface area contributed by atoms with Gasteiger partial charge in [-0.3, -0.25) is 4.90 Å². The van der Waals surface area contributed by atoms with Crippen LogP contribution in [-0.2, 0) is 22.6 Å². The first-order chi connectivity index (χ1) is 16.7. The van der Waals surface area contributed by atoms with Crippen molar-refractivity contribution in [1.29, 1.82) is 5.26 Å². The quantitative estimate of drug-likeness (QED) is 0.297. The minimum atomic E-state index is -0.170. The second-order valence-corrected chi connectivity index (χ2v) is 12.1. The Morgan fingerprint density at radius 2 is 1.37 bits per heavy atom. The van der Waals surface area contributed by atoms with Gasteiger partial charge in [-0.2, -0.15) is 5.26 Å². The van der Waals surface area contributed by atoms with Crippen LogP contribution in [0.15, 0.2) is 48.5 Å². The summed E-state index contributed by atoms with van der Waals surface area (Å²) in [5.74, 6) is 0. The molecule has 0 bridgehead atoms. The second kappa shape index (κ2) is 12.6. The molecule has 1 atom stereocenters. The molecule has 0 spiro atoms. The van der Waals surface area contributed by atoms with Crippen LogP contribution in [0.3, 0.4) is 0 Å². The maximum atomic E-state index is 7.32. The molecule has 2 aromatic carbocycles. The summed E-state index contributed by atoms with van der Waals surface area (Å²) in [5.41, 5.74) is 5.60. The van der Waals surface area contributed by atoms with Crippen molar-refractivity contribution in [2.75, 3.05) is 6.54 Å². The Kier molecular flexibility index (Phi) is 10.1. The van der Waals surface area contributed by atoms with Gasteiger partial charge in [0.2, 0.25) is 0 Å². The SMILES string of the molecule is CC#N.CC(C)N(CCc1ccccc1)C(C)CCc1c(C2(Cl)CCC2)cccc1C1(Cl)CCC1. The summed E-state index contributed by atoms with van der Waals surface area (Å²) >= 11 is 14.2. The van der Waals surface area contributed by atoms with E-state index in [9.17, 15) is 0 Å². The summed E-state index contributed by atoms with van der Waals surface area (Å²) in [5, 5.41) is 7.32. The van der Waals surface area contributed by atoms with E-state index in [2.05, 4.69) is 74.2 Å². The highest BCUT2D eigenvalue weighted by Gasteiger charge is 2.43. The van der Waals surface area contributed by atoms with Gasteiger partial charge < -0.3 is 0 Å². The zero-order valence-electron chi connectivity index (χ0n) is 22.0. The molecule has 0 N–H and O–H groups in total. The number of halogens is 2. The fourth-order valence-electron chi connectivity index (χ4n) is 5.62. The van der Waals surface area contributed by atoms with E-state index in [0.29, 0.717) is 12.1 Å². The van der Waals surface area contributed by atoms with Crippen LogP contribution < -0.4 is 0 Å². The summed E-state index contributed by atoms with van der Waals surface area (Å²) in [6.45, 7) is 9.57. The van der Waals surface area contributed by atoms with Gasteiger partial charge in [0.05, 0.1) is 15.8 Å². The first-order valence-electron chi connectivity index (χ1n) is 13.4. The van der Waals surface area contributed by atoms with Crippen LogP contribution in [0, 0.1) is 11.3 Å². The third kappa shape index (κ3) is 6.82. The second-order valence-electron chi connectivity index (χ2n) is 10.6. The lowest BCUT2D eigenvalue weighted by Crippen LogP contribution is -2.40. The standard InChI is InChI=1S/C29H39Cl2N.C2H3N/c1-22(2)32(21-16-24-10-5-4-6-11-24)23(3)14-15-25-26(28(30)17-8-18-28)12-7-13-27(25)29(31)19-9-20-29;1-2-3/h4-7,10-13,22-23H,8-9,14-21H2,1-3H3;1H3. The largest absolute Gasteiger partial charge is 0.298 e. The molecular formula is C31H42Cl2N2. The van der Waals surface area contributed by atoms with E-state index in [1.165, 1.54) is 42.0 Å². The molecule has 2 nitrogen and oxygen atoms in total. The molecule has 0 radical (unpaired) electrons. The smallest absolute Gasteiger partial charge is 0.0697 e. The summed E-state index contributed by atoms with van der Waals surface area (Å²) in [6, 6.07) is 20.4. The molecule has 2 fully saturated rings. The van der Waals surface area contributed by atoms with Crippen molar-refractivity contribution in [3.63, 3.8) is 0 Å². The molecule has 0 amide bonds. The van der Waals surface area contributed by atoms with Crippen LogP contribution in [0.25, 0.3) is 0 Å². The van der Waals surface area contributed by atoms with Gasteiger partial charge in [0, 0.05) is 25.6 Å². The maximum absolute atomic E-state index is 7.32. The van der Waals surface area contributed by atoms with Crippen molar-refractivity contribution in [2.45, 2.75) is 107 Å². The topological polar surface area (TPSA) is 27.0 Å². The van der Waals surface area contributed by atoms with Crippen LogP contribution >= 0.6 is 23.2 Å². The van der Waals surface area contributed by atoms with Crippen molar-refractivity contribution in [3.8, 4) is 6.07 Å². The van der Waals surface area contributed by atoms with Gasteiger partial charge in [0.25, 0.3) is 0 Å². The maximum Gasteiger partial charge on any atom is 0.0697 e. The highest BCUT2D eigenvalue weighted by molar-refractivity contribution is 6.25. The first-order valence-corrected chi connectivity index (χ1v) is 14.1. The van der Waals surface area contributed by atoms with Crippen molar-refractivity contribution < 1.29 is 0 Å². The number of alkyl halides is 2. The molecule has 190 valence electrons. The highest BCUT2D eigenvalue weighted by Crippen LogP contribution is 2.53. The van der Waals surface area contributed by atoms with Crippen molar-refractivity contribution in [2.24, 2.45) is 0 Å². The summed E-state index contributed by atoms with van der Waals surface area (Å²) in [6.07, 6.45) is 10.1. The minimum absolute atomic E-state index is 0.170. The molecule has 0 heterocycles. The minimum Gasteiger partial charge on any atom is -0.298 e. The van der Waals surface area contributed by atoms with E-state index in [1.54, 1.807) is 6.07 Å². The fraction of sp³-hybridized carbons (Fsp3) is 0.581. The highest BCUT2D eigenvalue weighted by atomic mass is 35.5. The Morgan fingerprint density at radius 1 is 0.857 bits per heavy atom. The van der Waals surface area contributed by atoms with Crippen molar-refractivity contribution >= 4 is 23.2 Å². The van der Waals surface area contributed by atoms with Crippen molar-refractivity contribution in [1.82, 2.24) is 4.90 Å². The predicted molar refractivity (Wildman–Crippen MR) is 150 cm³/mol. The lowest BCUT2D eigenvalue weighted by Gasteiger charge is -2.42. The lowest BCUT2D eigenvalue weighted by atomic mass is 9.71. The molecule has 0 aliphatic heterocycles. The van der Waals surface area contributed by atoms with Gasteiger partial charge in [-0.15, -0.1) is 23.2 Å². The fourth-order valence-corrected chi connectivity index (χ4v) is 6.51. The monoisotopic (exact) mass is 512 g/mol. The average molecular weight is 514 g/mol. The van der Waals surface area contributed by atoms with Crippen LogP contribution in [0.2, 0.25) is 0 Å². The Hall–Kier alpha value is -1.53. The molecule has 2 saturated carbocycles. The molecule has 1 unspecified atom stereocenters. The molecular weight excluding hydrogens is 471 g/mol. The Labute approximate surface area is 223 Å². The van der Waals surface area contributed by atoms with E-state index >= 15 is 0 Å². The summed E-state index contributed by atoms with van der Waals surface area (Å²) < 4.78 is 0. The zero-order chi connectivity index (χ0) is 25.5. The molecule has 2 aliphatic carbocycles. The molecule has 4 heteroatoms. The van der Waals surface area contributed by atoms with Gasteiger partial charge in [0.1, 0.15) is 0 Å². The van der Waals surface area contributed by atoms with Crippen LogP contribution in [-0.4, -0.2) is 23.5 Å².